The van der Waals surface area contributed by atoms with E-state index in [1.165, 1.54) is 18.6 Å². The number of hydrogen-bond donors (Lipinski definition) is 1. The average Bonchev–Trinajstić information content (AvgIpc) is 2.70. The molecule has 2 atom stereocenters. The molecule has 0 spiro atoms. The average molecular weight is 214 g/mol. The highest BCUT2D eigenvalue weighted by Crippen LogP contribution is 2.16. The highest BCUT2D eigenvalue weighted by molar-refractivity contribution is 8.13. The van der Waals surface area contributed by atoms with E-state index in [0.29, 0.717) is 6.10 Å². The summed E-state index contributed by atoms with van der Waals surface area (Å²) in [6, 6.07) is 0. The third kappa shape index (κ3) is 2.89. The van der Waals surface area contributed by atoms with Crippen LogP contribution in [0.3, 0.4) is 0 Å². The van der Waals surface area contributed by atoms with Crippen LogP contribution in [0.1, 0.15) is 19.8 Å². The highest BCUT2D eigenvalue weighted by atomic mass is 32.2. The molecule has 0 aromatic carbocycles. The number of ether oxygens (including phenoxy) is 1. The van der Waals surface area contributed by atoms with Crippen LogP contribution < -0.4 is 5.32 Å². The van der Waals surface area contributed by atoms with E-state index in [1.807, 2.05) is 11.8 Å². The number of nitrogens with zero attached hydrogens (tertiary/aromatic N) is 1. The minimum absolute atomic E-state index is 0.414. The second-order valence-electron chi connectivity index (χ2n) is 4.08. The number of amidine groups is 1. The molecule has 4 heteroatoms. The van der Waals surface area contributed by atoms with Gasteiger partial charge >= 0.3 is 0 Å². The Balaban J connectivity index is 1.69. The molecule has 14 heavy (non-hydrogen) atoms. The zero-order valence-electron chi connectivity index (χ0n) is 8.66. The van der Waals surface area contributed by atoms with Gasteiger partial charge in [-0.05, 0) is 18.8 Å². The normalized spacial score (nSPS) is 32.8. The summed E-state index contributed by atoms with van der Waals surface area (Å²) in [6.07, 6.45) is 2.82. The predicted molar refractivity (Wildman–Crippen MR) is 60.9 cm³/mol. The number of thioether (sulfide) groups is 1. The third-order valence-electron chi connectivity index (χ3n) is 2.56. The van der Waals surface area contributed by atoms with E-state index in [1.54, 1.807) is 0 Å². The SMILES string of the molecule is CC1CN=C(NCC2CCCO2)SC1. The Morgan fingerprint density at radius 1 is 1.64 bits per heavy atom. The van der Waals surface area contributed by atoms with Gasteiger partial charge in [0.1, 0.15) is 0 Å². The van der Waals surface area contributed by atoms with Crippen LogP contribution in [0.5, 0.6) is 0 Å². The van der Waals surface area contributed by atoms with Gasteiger partial charge in [0.2, 0.25) is 0 Å². The Hall–Kier alpha value is -0.220. The lowest BCUT2D eigenvalue weighted by Gasteiger charge is -2.19. The maximum atomic E-state index is 5.54. The van der Waals surface area contributed by atoms with Crippen molar-refractivity contribution in [1.82, 2.24) is 5.32 Å². The molecular weight excluding hydrogens is 196 g/mol. The molecule has 2 aliphatic rings. The summed E-state index contributed by atoms with van der Waals surface area (Å²) in [7, 11) is 0. The molecule has 1 saturated heterocycles. The minimum atomic E-state index is 0.414. The van der Waals surface area contributed by atoms with Gasteiger partial charge in [-0.25, -0.2) is 0 Å². The van der Waals surface area contributed by atoms with Crippen molar-refractivity contribution in [3.05, 3.63) is 0 Å². The van der Waals surface area contributed by atoms with Crippen molar-refractivity contribution in [2.75, 3.05) is 25.4 Å². The van der Waals surface area contributed by atoms with Crippen LogP contribution in [0.4, 0.5) is 0 Å². The summed E-state index contributed by atoms with van der Waals surface area (Å²) >= 11 is 1.84. The molecule has 0 saturated carbocycles. The van der Waals surface area contributed by atoms with Crippen molar-refractivity contribution in [2.45, 2.75) is 25.9 Å². The van der Waals surface area contributed by atoms with Crippen molar-refractivity contribution in [1.29, 1.82) is 0 Å². The molecule has 2 aliphatic heterocycles. The molecule has 3 nitrogen and oxygen atoms in total. The van der Waals surface area contributed by atoms with Gasteiger partial charge in [-0.1, -0.05) is 18.7 Å². The summed E-state index contributed by atoms with van der Waals surface area (Å²) in [4.78, 5) is 4.48. The molecule has 2 rings (SSSR count). The maximum absolute atomic E-state index is 5.54. The fraction of sp³-hybridized carbons (Fsp3) is 0.900. The summed E-state index contributed by atoms with van der Waals surface area (Å²) < 4.78 is 5.54. The monoisotopic (exact) mass is 214 g/mol. The van der Waals surface area contributed by atoms with Gasteiger partial charge in [0.25, 0.3) is 0 Å². The summed E-state index contributed by atoms with van der Waals surface area (Å²) in [5, 5.41) is 4.48. The summed E-state index contributed by atoms with van der Waals surface area (Å²) in [6.45, 7) is 5.08. The van der Waals surface area contributed by atoms with E-state index in [9.17, 15) is 0 Å². The molecule has 2 unspecified atom stereocenters. The molecule has 0 bridgehead atoms. The molecule has 0 aromatic rings. The molecule has 0 amide bonds. The van der Waals surface area contributed by atoms with Crippen molar-refractivity contribution in [3.8, 4) is 0 Å². The Labute approximate surface area is 89.7 Å². The molecular formula is C10H18N2OS. The number of hydrogen-bond acceptors (Lipinski definition) is 4. The second kappa shape index (κ2) is 5.03. The Morgan fingerprint density at radius 2 is 2.57 bits per heavy atom. The Morgan fingerprint density at radius 3 is 3.21 bits per heavy atom. The van der Waals surface area contributed by atoms with Gasteiger partial charge in [0.05, 0.1) is 6.10 Å². The van der Waals surface area contributed by atoms with Gasteiger partial charge in [-0.2, -0.15) is 0 Å². The Bertz CT molecular complexity index is 214. The first kappa shape index (κ1) is 10.3. The van der Waals surface area contributed by atoms with E-state index in [0.717, 1.165) is 30.8 Å². The largest absolute Gasteiger partial charge is 0.376 e. The molecule has 0 aromatic heterocycles. The molecule has 2 heterocycles. The van der Waals surface area contributed by atoms with E-state index >= 15 is 0 Å². The molecule has 80 valence electrons. The molecule has 1 N–H and O–H groups in total. The van der Waals surface area contributed by atoms with E-state index in [-0.39, 0.29) is 0 Å². The van der Waals surface area contributed by atoms with Crippen LogP contribution in [0.25, 0.3) is 0 Å². The second-order valence-corrected chi connectivity index (χ2v) is 5.09. The first-order valence-corrected chi connectivity index (χ1v) is 6.36. The summed E-state index contributed by atoms with van der Waals surface area (Å²) in [5.41, 5.74) is 0. The predicted octanol–water partition coefficient (Wildman–Crippen LogP) is 1.49. The van der Waals surface area contributed by atoms with Crippen LogP contribution in [-0.2, 0) is 4.74 Å². The van der Waals surface area contributed by atoms with Gasteiger partial charge in [-0.3, -0.25) is 4.99 Å². The van der Waals surface area contributed by atoms with E-state index < -0.39 is 0 Å². The van der Waals surface area contributed by atoms with E-state index in [2.05, 4.69) is 17.2 Å². The summed E-state index contributed by atoms with van der Waals surface area (Å²) in [5.74, 6) is 1.92. The molecule has 0 radical (unpaired) electrons. The van der Waals surface area contributed by atoms with Gasteiger partial charge in [0, 0.05) is 25.4 Å². The van der Waals surface area contributed by atoms with Crippen LogP contribution in [0.15, 0.2) is 4.99 Å². The van der Waals surface area contributed by atoms with Gasteiger partial charge in [-0.15, -0.1) is 0 Å². The lowest BCUT2D eigenvalue weighted by atomic mass is 10.2. The Kier molecular flexibility index (Phi) is 3.70. The lowest BCUT2D eigenvalue weighted by molar-refractivity contribution is 0.114. The van der Waals surface area contributed by atoms with Gasteiger partial charge in [0.15, 0.2) is 5.17 Å². The van der Waals surface area contributed by atoms with Crippen LogP contribution >= 0.6 is 11.8 Å². The van der Waals surface area contributed by atoms with E-state index in [4.69, 9.17) is 4.74 Å². The first-order chi connectivity index (χ1) is 6.84. The zero-order valence-corrected chi connectivity index (χ0v) is 9.48. The highest BCUT2D eigenvalue weighted by Gasteiger charge is 2.17. The minimum Gasteiger partial charge on any atom is -0.376 e. The van der Waals surface area contributed by atoms with Crippen molar-refractivity contribution in [3.63, 3.8) is 0 Å². The number of aliphatic imine (C=N–C) groups is 1. The van der Waals surface area contributed by atoms with Crippen molar-refractivity contribution >= 4 is 16.9 Å². The third-order valence-corrected chi connectivity index (χ3v) is 3.84. The standard InChI is InChI=1S/C10H18N2OS/c1-8-5-11-10(14-7-8)12-6-9-3-2-4-13-9/h8-9H,2-7H2,1H3,(H,11,12). The number of nitrogens with one attached hydrogen (secondary N) is 1. The zero-order chi connectivity index (χ0) is 9.80. The lowest BCUT2D eigenvalue weighted by Crippen LogP contribution is -2.32. The van der Waals surface area contributed by atoms with Crippen LogP contribution in [0, 0.1) is 5.92 Å². The molecule has 0 aliphatic carbocycles. The van der Waals surface area contributed by atoms with Crippen LogP contribution in [-0.4, -0.2) is 36.7 Å². The number of rotatable bonds is 2. The van der Waals surface area contributed by atoms with Gasteiger partial charge < -0.3 is 10.1 Å². The fourth-order valence-corrected chi connectivity index (χ4v) is 2.57. The first-order valence-electron chi connectivity index (χ1n) is 5.37. The van der Waals surface area contributed by atoms with Crippen LogP contribution in [0.2, 0.25) is 0 Å². The quantitative estimate of drug-likeness (QED) is 0.756. The topological polar surface area (TPSA) is 33.6 Å². The van der Waals surface area contributed by atoms with Crippen molar-refractivity contribution < 1.29 is 4.74 Å². The molecule has 1 fully saturated rings. The smallest absolute Gasteiger partial charge is 0.156 e. The fourth-order valence-electron chi connectivity index (χ4n) is 1.67. The maximum Gasteiger partial charge on any atom is 0.156 e. The van der Waals surface area contributed by atoms with Crippen molar-refractivity contribution in [2.24, 2.45) is 10.9 Å².